The lowest BCUT2D eigenvalue weighted by Gasteiger charge is -2.26. The smallest absolute Gasteiger partial charge is 0.237 e. The minimum absolute atomic E-state index is 0.194. The van der Waals surface area contributed by atoms with E-state index in [1.807, 2.05) is 4.90 Å². The van der Waals surface area contributed by atoms with E-state index >= 15 is 0 Å². The van der Waals surface area contributed by atoms with Gasteiger partial charge in [0, 0.05) is 17.6 Å². The van der Waals surface area contributed by atoms with Crippen LogP contribution >= 0.6 is 11.5 Å². The van der Waals surface area contributed by atoms with Gasteiger partial charge in [-0.25, -0.2) is 0 Å². The molecule has 16 heavy (non-hydrogen) atoms. The van der Waals surface area contributed by atoms with E-state index in [1.165, 1.54) is 24.4 Å². The molecule has 1 heterocycles. The number of hydrogen-bond donors (Lipinski definition) is 2. The molecule has 0 unspecified atom stereocenters. The fourth-order valence-electron chi connectivity index (χ4n) is 2.08. The van der Waals surface area contributed by atoms with Crippen LogP contribution in [0.1, 0.15) is 25.7 Å². The van der Waals surface area contributed by atoms with E-state index in [-0.39, 0.29) is 18.4 Å². The van der Waals surface area contributed by atoms with Crippen molar-refractivity contribution in [2.24, 2.45) is 5.73 Å². The van der Waals surface area contributed by atoms with Crippen LogP contribution in [0.4, 0.5) is 11.1 Å². The number of nitrogen functional groups attached to an aromatic ring is 1. The van der Waals surface area contributed by atoms with Crippen molar-refractivity contribution < 1.29 is 4.79 Å². The van der Waals surface area contributed by atoms with Gasteiger partial charge < -0.3 is 16.4 Å². The molecule has 88 valence electrons. The number of nitrogens with two attached hydrogens (primary N) is 2. The van der Waals surface area contributed by atoms with Crippen molar-refractivity contribution in [2.75, 3.05) is 17.2 Å². The number of carbonyl (C=O) groups is 1. The number of hydrogen-bond acceptors (Lipinski definition) is 6. The number of amides is 1. The lowest BCUT2D eigenvalue weighted by Crippen LogP contribution is -2.40. The summed E-state index contributed by atoms with van der Waals surface area (Å²) < 4.78 is 3.93. The van der Waals surface area contributed by atoms with Gasteiger partial charge in [-0.1, -0.05) is 12.8 Å². The summed E-state index contributed by atoms with van der Waals surface area (Å²) in [6, 6.07) is 0.347. The van der Waals surface area contributed by atoms with E-state index in [9.17, 15) is 4.79 Å². The number of anilines is 2. The molecule has 1 amide bonds. The molecular weight excluding hydrogens is 226 g/mol. The van der Waals surface area contributed by atoms with Crippen molar-refractivity contribution in [3.05, 3.63) is 0 Å². The summed E-state index contributed by atoms with van der Waals surface area (Å²) in [5.74, 6) is -0.0897. The molecule has 6 nitrogen and oxygen atoms in total. The van der Waals surface area contributed by atoms with Crippen LogP contribution in [0, 0.1) is 0 Å². The third-order valence-electron chi connectivity index (χ3n) is 2.77. The van der Waals surface area contributed by atoms with E-state index in [2.05, 4.69) is 9.36 Å². The van der Waals surface area contributed by atoms with Crippen molar-refractivity contribution >= 4 is 28.5 Å². The maximum Gasteiger partial charge on any atom is 0.237 e. The Labute approximate surface area is 97.8 Å². The second-order valence-corrected chi connectivity index (χ2v) is 4.70. The summed E-state index contributed by atoms with van der Waals surface area (Å²) in [7, 11) is 0. The van der Waals surface area contributed by atoms with Gasteiger partial charge in [-0.15, -0.1) is 0 Å². The molecule has 0 spiro atoms. The zero-order valence-electron chi connectivity index (χ0n) is 8.93. The Balaban J connectivity index is 2.16. The molecule has 1 saturated carbocycles. The van der Waals surface area contributed by atoms with E-state index in [4.69, 9.17) is 11.5 Å². The summed E-state index contributed by atoms with van der Waals surface area (Å²) in [5.41, 5.74) is 10.7. The Hall–Kier alpha value is -1.37. The molecule has 7 heteroatoms. The highest BCUT2D eigenvalue weighted by molar-refractivity contribution is 7.09. The van der Waals surface area contributed by atoms with Crippen molar-refractivity contribution in [3.63, 3.8) is 0 Å². The highest BCUT2D eigenvalue weighted by atomic mass is 32.1. The average molecular weight is 241 g/mol. The number of rotatable bonds is 4. The zero-order valence-corrected chi connectivity index (χ0v) is 9.74. The first-order valence-electron chi connectivity index (χ1n) is 5.31. The molecule has 0 aliphatic heterocycles. The molecule has 0 aromatic carbocycles. The molecule has 1 aromatic heterocycles. The lowest BCUT2D eigenvalue weighted by atomic mass is 10.2. The van der Waals surface area contributed by atoms with Crippen LogP contribution in [0.5, 0.6) is 0 Å². The van der Waals surface area contributed by atoms with Gasteiger partial charge >= 0.3 is 0 Å². The number of primary amides is 1. The molecule has 1 aromatic rings. The fraction of sp³-hybridized carbons (Fsp3) is 0.667. The first kappa shape index (κ1) is 11.1. The number of nitrogens with zero attached hydrogens (tertiary/aromatic N) is 3. The molecule has 0 atom stereocenters. The predicted octanol–water partition coefficient (Wildman–Crippen LogP) is 0.355. The number of aromatic nitrogens is 2. The van der Waals surface area contributed by atoms with Gasteiger partial charge in [0.1, 0.15) is 0 Å². The second-order valence-electron chi connectivity index (χ2n) is 3.97. The first-order valence-corrected chi connectivity index (χ1v) is 6.08. The largest absolute Gasteiger partial charge is 0.368 e. The molecule has 4 N–H and O–H groups in total. The summed E-state index contributed by atoms with van der Waals surface area (Å²) in [6.07, 6.45) is 4.53. The minimum atomic E-state index is -0.347. The highest BCUT2D eigenvalue weighted by Crippen LogP contribution is 2.29. The van der Waals surface area contributed by atoms with Gasteiger partial charge in [-0.2, -0.15) is 9.36 Å². The van der Waals surface area contributed by atoms with Crippen molar-refractivity contribution in [3.8, 4) is 0 Å². The van der Waals surface area contributed by atoms with Crippen LogP contribution in [0.2, 0.25) is 0 Å². The summed E-state index contributed by atoms with van der Waals surface area (Å²) in [4.78, 5) is 17.1. The van der Waals surface area contributed by atoms with Crippen LogP contribution in [0.3, 0.4) is 0 Å². The monoisotopic (exact) mass is 241 g/mol. The molecule has 0 radical (unpaired) electrons. The van der Waals surface area contributed by atoms with Gasteiger partial charge in [-0.3, -0.25) is 4.79 Å². The highest BCUT2D eigenvalue weighted by Gasteiger charge is 2.26. The standard InChI is InChI=1S/C9H15N5OS/c10-7(15)5-14(6-3-1-2-4-6)9-12-8(11)13-16-9/h6H,1-5H2,(H2,10,15)(H2,11,13). The normalized spacial score (nSPS) is 16.5. The minimum Gasteiger partial charge on any atom is -0.368 e. The van der Waals surface area contributed by atoms with E-state index < -0.39 is 0 Å². The molecule has 1 aliphatic rings. The number of carbonyl (C=O) groups excluding carboxylic acids is 1. The van der Waals surface area contributed by atoms with E-state index in [1.54, 1.807) is 0 Å². The van der Waals surface area contributed by atoms with Gasteiger partial charge in [0.25, 0.3) is 0 Å². The Morgan fingerprint density at radius 3 is 2.69 bits per heavy atom. The van der Waals surface area contributed by atoms with E-state index in [0.717, 1.165) is 12.8 Å². The predicted molar refractivity (Wildman–Crippen MR) is 63.1 cm³/mol. The zero-order chi connectivity index (χ0) is 11.5. The van der Waals surface area contributed by atoms with Crippen LogP contribution in [-0.4, -0.2) is 27.9 Å². The molecule has 0 bridgehead atoms. The average Bonchev–Trinajstić information content (AvgIpc) is 2.84. The van der Waals surface area contributed by atoms with Crippen LogP contribution in [0.25, 0.3) is 0 Å². The third kappa shape index (κ3) is 2.41. The van der Waals surface area contributed by atoms with E-state index in [0.29, 0.717) is 11.2 Å². The van der Waals surface area contributed by atoms with Gasteiger partial charge in [0.15, 0.2) is 0 Å². The van der Waals surface area contributed by atoms with Crippen LogP contribution < -0.4 is 16.4 Å². The Morgan fingerprint density at radius 2 is 2.19 bits per heavy atom. The molecule has 2 rings (SSSR count). The SMILES string of the molecule is NC(=O)CN(c1nc(N)ns1)C1CCCC1. The van der Waals surface area contributed by atoms with Gasteiger partial charge in [0.2, 0.25) is 17.0 Å². The topological polar surface area (TPSA) is 98.1 Å². The molecule has 0 saturated heterocycles. The fourth-order valence-corrected chi connectivity index (χ4v) is 2.75. The molecular formula is C9H15N5OS. The summed E-state index contributed by atoms with van der Waals surface area (Å²) in [6.45, 7) is 0.194. The third-order valence-corrected chi connectivity index (χ3v) is 3.54. The Bertz CT molecular complexity index is 374. The summed E-state index contributed by atoms with van der Waals surface area (Å²) >= 11 is 1.22. The van der Waals surface area contributed by atoms with Crippen molar-refractivity contribution in [2.45, 2.75) is 31.7 Å². The maximum atomic E-state index is 11.1. The van der Waals surface area contributed by atoms with Gasteiger partial charge in [0.05, 0.1) is 6.54 Å². The van der Waals surface area contributed by atoms with Crippen molar-refractivity contribution in [1.82, 2.24) is 9.36 Å². The first-order chi connectivity index (χ1) is 7.66. The van der Waals surface area contributed by atoms with Crippen LogP contribution in [0.15, 0.2) is 0 Å². The quantitative estimate of drug-likeness (QED) is 0.792. The molecule has 1 fully saturated rings. The Morgan fingerprint density at radius 1 is 1.50 bits per heavy atom. The van der Waals surface area contributed by atoms with Crippen molar-refractivity contribution in [1.29, 1.82) is 0 Å². The van der Waals surface area contributed by atoms with Crippen LogP contribution in [-0.2, 0) is 4.79 Å². The second kappa shape index (κ2) is 4.65. The maximum absolute atomic E-state index is 11.1. The Kier molecular flexibility index (Phi) is 3.23. The summed E-state index contributed by atoms with van der Waals surface area (Å²) in [5, 5.41) is 0.697. The lowest BCUT2D eigenvalue weighted by molar-refractivity contribution is -0.116. The van der Waals surface area contributed by atoms with Gasteiger partial charge in [-0.05, 0) is 12.8 Å². The molecule has 1 aliphatic carbocycles.